The van der Waals surface area contributed by atoms with Crippen molar-refractivity contribution in [2.45, 2.75) is 102 Å². The van der Waals surface area contributed by atoms with E-state index in [0.717, 1.165) is 73.2 Å². The summed E-state index contributed by atoms with van der Waals surface area (Å²) < 4.78 is 23.2. The lowest BCUT2D eigenvalue weighted by molar-refractivity contribution is 0.0172. The van der Waals surface area contributed by atoms with Gasteiger partial charge in [0.25, 0.3) is 22.9 Å². The van der Waals surface area contributed by atoms with Gasteiger partial charge < -0.3 is 44.2 Å². The number of fused-ring (bicyclic) bond motifs is 2. The fraction of sp³-hybridized carbons (Fsp3) is 0.449. The minimum absolute atomic E-state index is 0.122. The zero-order chi connectivity index (χ0) is 48.2. The largest absolute Gasteiger partial charge is 0.496 e. The van der Waals surface area contributed by atoms with E-state index in [1.165, 1.54) is 23.4 Å². The Labute approximate surface area is 389 Å². The molecule has 18 nitrogen and oxygen atoms in total. The van der Waals surface area contributed by atoms with Crippen molar-refractivity contribution < 1.29 is 28.6 Å². The number of ether oxygens (including phenoxy) is 3. The first kappa shape index (κ1) is 48.0. The highest BCUT2D eigenvalue weighted by molar-refractivity contribution is 6.09. The number of hydrogen-bond donors (Lipinski definition) is 3. The third-order valence-electron chi connectivity index (χ3n) is 12.7. The SMILES string of the molecule is CNC1CCC(n2cc3cc(C(=O)Nc4cccn(C)c4=O)c(OC)cc3n2)CC1.COc1cc2nn(C3CCC(N(C)C(=O)OC(C)(C)C)CC3)cc2cc1C(=O)Nc1cccn(C)c1=O. The number of aromatic nitrogens is 6. The van der Waals surface area contributed by atoms with Gasteiger partial charge in [-0.05, 0) is 116 Å². The minimum atomic E-state index is -0.523. The molecule has 0 spiro atoms. The molecule has 18 heteroatoms. The van der Waals surface area contributed by atoms with Crippen molar-refractivity contribution in [3.8, 4) is 11.5 Å². The molecule has 0 unspecified atom stereocenters. The molecule has 2 aromatic carbocycles. The van der Waals surface area contributed by atoms with Gasteiger partial charge in [0.05, 0.1) is 48.5 Å². The number of aryl methyl sites for hydroxylation is 2. The number of nitrogens with one attached hydrogen (secondary N) is 3. The quantitative estimate of drug-likeness (QED) is 0.127. The van der Waals surface area contributed by atoms with E-state index in [1.54, 1.807) is 87.0 Å². The summed E-state index contributed by atoms with van der Waals surface area (Å²) in [4.78, 5) is 64.6. The van der Waals surface area contributed by atoms with Gasteiger partial charge in [-0.2, -0.15) is 10.2 Å². The van der Waals surface area contributed by atoms with Crippen LogP contribution in [0.1, 0.15) is 105 Å². The van der Waals surface area contributed by atoms with Gasteiger partial charge >= 0.3 is 6.09 Å². The first-order valence-corrected chi connectivity index (χ1v) is 22.7. The Hall–Kier alpha value is -6.95. The minimum Gasteiger partial charge on any atom is -0.496 e. The van der Waals surface area contributed by atoms with Crippen LogP contribution in [-0.4, -0.2) is 97.5 Å². The molecule has 2 aliphatic carbocycles. The maximum atomic E-state index is 13.0. The van der Waals surface area contributed by atoms with Crippen LogP contribution in [0.4, 0.5) is 16.2 Å². The van der Waals surface area contributed by atoms with Crippen LogP contribution in [0.5, 0.6) is 11.5 Å². The molecule has 0 saturated heterocycles. The Morgan fingerprint density at radius 1 is 0.687 bits per heavy atom. The highest BCUT2D eigenvalue weighted by Gasteiger charge is 2.31. The van der Waals surface area contributed by atoms with Gasteiger partial charge in [0.15, 0.2) is 0 Å². The molecule has 4 heterocycles. The van der Waals surface area contributed by atoms with Gasteiger partial charge in [0.1, 0.15) is 28.5 Å². The van der Waals surface area contributed by atoms with Crippen LogP contribution in [0.15, 0.2) is 82.9 Å². The fourth-order valence-corrected chi connectivity index (χ4v) is 8.80. The second kappa shape index (κ2) is 20.3. The molecule has 0 atom stereocenters. The Bertz CT molecular complexity index is 2870. The van der Waals surface area contributed by atoms with Crippen LogP contribution in [0.3, 0.4) is 0 Å². The highest BCUT2D eigenvalue weighted by atomic mass is 16.6. The standard InChI is InChI=1S/C27H35N5O5.C22H27N5O3/c1-27(2,3)37-26(35)31(5)18-9-11-19(12-10-18)32-16-17-14-20(23(36-6)15-22(17)29-32)24(33)28-21-8-7-13-30(4)25(21)34;1-23-15-6-8-16(9-7-15)27-13-14-11-17(20(30-3)12-19(14)25-27)21(28)24-18-5-4-10-26(2)22(18)29/h7-8,13-16,18-19H,9-12H2,1-6H3,(H,28,33);4-5,10-13,15-16,23H,6-9H2,1-3H3,(H,24,28). The monoisotopic (exact) mass is 918 g/mol. The summed E-state index contributed by atoms with van der Waals surface area (Å²) in [7, 11) is 10.1. The Balaban J connectivity index is 0.000000203. The predicted molar refractivity (Wildman–Crippen MR) is 257 cm³/mol. The maximum Gasteiger partial charge on any atom is 0.410 e. The second-order valence-corrected chi connectivity index (χ2v) is 18.4. The van der Waals surface area contributed by atoms with E-state index in [1.807, 2.05) is 49.6 Å². The summed E-state index contributed by atoms with van der Waals surface area (Å²) in [5.41, 5.74) is 1.53. The number of benzene rings is 2. The molecule has 0 bridgehead atoms. The molecule has 67 heavy (non-hydrogen) atoms. The summed E-state index contributed by atoms with van der Waals surface area (Å²) >= 11 is 0. The lowest BCUT2D eigenvalue weighted by atomic mass is 9.90. The molecule has 6 aromatic rings. The van der Waals surface area contributed by atoms with Crippen molar-refractivity contribution in [1.82, 2.24) is 38.9 Å². The molecule has 356 valence electrons. The van der Waals surface area contributed by atoms with Crippen molar-refractivity contribution >= 4 is 51.1 Å². The molecule has 3 amide bonds. The number of anilines is 2. The van der Waals surface area contributed by atoms with E-state index in [-0.39, 0.29) is 46.6 Å². The molecule has 2 saturated carbocycles. The number of hydrogen-bond acceptors (Lipinski definition) is 11. The van der Waals surface area contributed by atoms with Gasteiger partial charge in [-0.25, -0.2) is 4.79 Å². The third kappa shape index (κ3) is 11.0. The lowest BCUT2D eigenvalue weighted by Gasteiger charge is -2.35. The molecule has 8 rings (SSSR count). The Kier molecular flexibility index (Phi) is 14.5. The molecular weight excluding hydrogens is 857 g/mol. The number of carbonyl (C=O) groups excluding carboxylic acids is 3. The predicted octanol–water partition coefficient (Wildman–Crippen LogP) is 7.05. The van der Waals surface area contributed by atoms with Crippen molar-refractivity contribution in [2.24, 2.45) is 14.1 Å². The molecule has 0 aliphatic heterocycles. The van der Waals surface area contributed by atoms with Gasteiger partial charge in [0, 0.05) is 80.9 Å². The van der Waals surface area contributed by atoms with E-state index in [2.05, 4.69) is 16.0 Å². The second-order valence-electron chi connectivity index (χ2n) is 18.4. The summed E-state index contributed by atoms with van der Waals surface area (Å²) in [5.74, 6) is -0.0117. The first-order valence-electron chi connectivity index (χ1n) is 22.7. The molecular formula is C49H62N10O8. The molecule has 2 fully saturated rings. The van der Waals surface area contributed by atoms with Gasteiger partial charge in [-0.3, -0.25) is 28.5 Å². The molecule has 0 radical (unpaired) electrons. The van der Waals surface area contributed by atoms with Crippen LogP contribution in [0.2, 0.25) is 0 Å². The van der Waals surface area contributed by atoms with Gasteiger partial charge in [0.2, 0.25) is 0 Å². The number of carbonyl (C=O) groups is 3. The number of methoxy groups -OCH3 is 2. The topological polar surface area (TPSA) is 198 Å². The number of nitrogens with zero attached hydrogens (tertiary/aromatic N) is 7. The maximum absolute atomic E-state index is 13.0. The lowest BCUT2D eigenvalue weighted by Crippen LogP contribution is -2.42. The molecule has 4 aromatic heterocycles. The zero-order valence-corrected chi connectivity index (χ0v) is 39.8. The summed E-state index contributed by atoms with van der Waals surface area (Å²) in [5, 5.41) is 19.9. The average molecular weight is 919 g/mol. The smallest absolute Gasteiger partial charge is 0.410 e. The van der Waals surface area contributed by atoms with Crippen LogP contribution in [-0.2, 0) is 18.8 Å². The number of pyridine rings is 2. The van der Waals surface area contributed by atoms with Gasteiger partial charge in [-0.1, -0.05) is 0 Å². The number of rotatable bonds is 10. The Morgan fingerprint density at radius 3 is 1.52 bits per heavy atom. The third-order valence-corrected chi connectivity index (χ3v) is 12.7. The van der Waals surface area contributed by atoms with Crippen molar-refractivity contribution in [2.75, 3.05) is 38.9 Å². The van der Waals surface area contributed by atoms with Crippen molar-refractivity contribution in [3.63, 3.8) is 0 Å². The normalized spacial score (nSPS) is 18.4. The summed E-state index contributed by atoms with van der Waals surface area (Å²) in [6, 6.07) is 14.8. The van der Waals surface area contributed by atoms with E-state index in [0.29, 0.717) is 34.7 Å². The van der Waals surface area contributed by atoms with Crippen LogP contribution in [0, 0.1) is 0 Å². The molecule has 3 N–H and O–H groups in total. The Morgan fingerprint density at radius 2 is 1.12 bits per heavy atom. The van der Waals surface area contributed by atoms with Crippen molar-refractivity contribution in [1.29, 1.82) is 0 Å². The first-order chi connectivity index (χ1) is 32.0. The summed E-state index contributed by atoms with van der Waals surface area (Å²) in [6.45, 7) is 5.60. The number of amides is 3. The average Bonchev–Trinajstić information content (AvgIpc) is 3.94. The summed E-state index contributed by atoms with van der Waals surface area (Å²) in [6.07, 6.45) is 14.7. The van der Waals surface area contributed by atoms with Crippen LogP contribution >= 0.6 is 0 Å². The van der Waals surface area contributed by atoms with E-state index >= 15 is 0 Å². The zero-order valence-electron chi connectivity index (χ0n) is 39.8. The van der Waals surface area contributed by atoms with Crippen molar-refractivity contribution in [3.05, 3.63) is 105 Å². The van der Waals surface area contributed by atoms with Crippen LogP contribution in [0.25, 0.3) is 21.8 Å². The van der Waals surface area contributed by atoms with Gasteiger partial charge in [-0.15, -0.1) is 0 Å². The highest BCUT2D eigenvalue weighted by Crippen LogP contribution is 2.34. The van der Waals surface area contributed by atoms with Crippen LogP contribution < -0.4 is 36.5 Å². The fourth-order valence-electron chi connectivity index (χ4n) is 8.80. The molecule has 2 aliphatic rings. The van der Waals surface area contributed by atoms with E-state index in [9.17, 15) is 24.0 Å². The van der Waals surface area contributed by atoms with E-state index in [4.69, 9.17) is 24.4 Å². The van der Waals surface area contributed by atoms with E-state index < -0.39 is 11.5 Å².